The summed E-state index contributed by atoms with van der Waals surface area (Å²) in [5, 5.41) is 0. The number of hydrogen-bond acceptors (Lipinski definition) is 2. The van der Waals surface area contributed by atoms with Gasteiger partial charge in [0.05, 0.1) is 0 Å². The first-order chi connectivity index (χ1) is 5.22. The summed E-state index contributed by atoms with van der Waals surface area (Å²) in [6.07, 6.45) is 0.633. The SMILES string of the molecule is NCCc1cc(F)cc(I)n1. The molecular weight excluding hydrogens is 258 g/mol. The lowest BCUT2D eigenvalue weighted by Gasteiger charge is -1.98. The molecule has 11 heavy (non-hydrogen) atoms. The normalized spacial score (nSPS) is 10.1. The Morgan fingerprint density at radius 2 is 2.27 bits per heavy atom. The summed E-state index contributed by atoms with van der Waals surface area (Å²) in [7, 11) is 0. The second kappa shape index (κ2) is 3.96. The molecule has 60 valence electrons. The van der Waals surface area contributed by atoms with Crippen LogP contribution in [0.2, 0.25) is 0 Å². The molecule has 0 aromatic carbocycles. The average molecular weight is 266 g/mol. The summed E-state index contributed by atoms with van der Waals surface area (Å²) < 4.78 is 13.3. The molecule has 0 unspecified atom stereocenters. The number of nitrogens with zero attached hydrogens (tertiary/aromatic N) is 1. The maximum Gasteiger partial charge on any atom is 0.127 e. The van der Waals surface area contributed by atoms with E-state index in [1.54, 1.807) is 0 Å². The van der Waals surface area contributed by atoms with Crippen molar-refractivity contribution in [3.63, 3.8) is 0 Å². The Labute approximate surface area is 78.1 Å². The summed E-state index contributed by atoms with van der Waals surface area (Å²) in [5.74, 6) is -0.243. The highest BCUT2D eigenvalue weighted by atomic mass is 127. The second-order valence-corrected chi connectivity index (χ2v) is 3.24. The minimum atomic E-state index is -0.243. The van der Waals surface area contributed by atoms with Crippen LogP contribution in [-0.2, 0) is 6.42 Å². The van der Waals surface area contributed by atoms with E-state index in [9.17, 15) is 4.39 Å². The predicted molar refractivity (Wildman–Crippen MR) is 49.7 cm³/mol. The Hall–Kier alpha value is -0.230. The van der Waals surface area contributed by atoms with Gasteiger partial charge in [-0.15, -0.1) is 0 Å². The van der Waals surface area contributed by atoms with Crippen LogP contribution in [0.1, 0.15) is 5.69 Å². The molecule has 0 saturated heterocycles. The molecule has 1 rings (SSSR count). The fourth-order valence-corrected chi connectivity index (χ4v) is 1.40. The van der Waals surface area contributed by atoms with E-state index in [1.807, 2.05) is 22.6 Å². The monoisotopic (exact) mass is 266 g/mol. The van der Waals surface area contributed by atoms with Crippen molar-refractivity contribution >= 4 is 22.6 Å². The van der Waals surface area contributed by atoms with Crippen LogP contribution in [0.15, 0.2) is 12.1 Å². The smallest absolute Gasteiger partial charge is 0.127 e. The van der Waals surface area contributed by atoms with Gasteiger partial charge in [-0.1, -0.05) is 0 Å². The minimum absolute atomic E-state index is 0.243. The van der Waals surface area contributed by atoms with E-state index in [4.69, 9.17) is 5.73 Å². The van der Waals surface area contributed by atoms with Crippen molar-refractivity contribution in [3.05, 3.63) is 27.3 Å². The van der Waals surface area contributed by atoms with Crippen molar-refractivity contribution in [2.45, 2.75) is 6.42 Å². The van der Waals surface area contributed by atoms with Crippen molar-refractivity contribution < 1.29 is 4.39 Å². The van der Waals surface area contributed by atoms with Gasteiger partial charge in [0, 0.05) is 18.2 Å². The summed E-state index contributed by atoms with van der Waals surface area (Å²) in [5.41, 5.74) is 6.02. The molecule has 0 aliphatic heterocycles. The zero-order valence-electron chi connectivity index (χ0n) is 5.85. The summed E-state index contributed by atoms with van der Waals surface area (Å²) in [4.78, 5) is 4.09. The maximum atomic E-state index is 12.7. The molecule has 0 atom stereocenters. The van der Waals surface area contributed by atoms with Crippen molar-refractivity contribution in [1.82, 2.24) is 4.98 Å². The van der Waals surface area contributed by atoms with E-state index in [0.717, 1.165) is 5.69 Å². The first kappa shape index (κ1) is 8.86. The number of nitrogens with two attached hydrogens (primary N) is 1. The van der Waals surface area contributed by atoms with Gasteiger partial charge in [-0.25, -0.2) is 9.37 Å². The zero-order chi connectivity index (χ0) is 8.27. The quantitative estimate of drug-likeness (QED) is 0.647. The van der Waals surface area contributed by atoms with Gasteiger partial charge in [-0.05, 0) is 35.2 Å². The van der Waals surface area contributed by atoms with Gasteiger partial charge in [-0.3, -0.25) is 0 Å². The van der Waals surface area contributed by atoms with Gasteiger partial charge in [0.15, 0.2) is 0 Å². The van der Waals surface area contributed by atoms with E-state index in [-0.39, 0.29) is 5.82 Å². The lowest BCUT2D eigenvalue weighted by molar-refractivity contribution is 0.620. The lowest BCUT2D eigenvalue weighted by atomic mass is 10.3. The Bertz CT molecular complexity index is 232. The summed E-state index contributed by atoms with van der Waals surface area (Å²) in [6.45, 7) is 0.506. The number of rotatable bonds is 2. The molecule has 0 spiro atoms. The molecule has 1 heterocycles. The van der Waals surface area contributed by atoms with Crippen LogP contribution in [0.3, 0.4) is 0 Å². The molecule has 1 aromatic heterocycles. The molecule has 0 aliphatic carbocycles. The summed E-state index contributed by atoms with van der Waals surface area (Å²) in [6, 6.07) is 2.80. The van der Waals surface area contributed by atoms with E-state index in [2.05, 4.69) is 4.98 Å². The van der Waals surface area contributed by atoms with Crippen LogP contribution in [-0.4, -0.2) is 11.5 Å². The van der Waals surface area contributed by atoms with Gasteiger partial charge in [0.1, 0.15) is 9.52 Å². The number of hydrogen-bond donors (Lipinski definition) is 1. The summed E-state index contributed by atoms with van der Waals surface area (Å²) >= 11 is 1.98. The number of aromatic nitrogens is 1. The van der Waals surface area contributed by atoms with Gasteiger partial charge < -0.3 is 5.73 Å². The third-order valence-corrected chi connectivity index (χ3v) is 1.77. The molecule has 2 N–H and O–H groups in total. The average Bonchev–Trinajstić information content (AvgIpc) is 1.85. The lowest BCUT2D eigenvalue weighted by Crippen LogP contribution is -2.05. The highest BCUT2D eigenvalue weighted by Crippen LogP contribution is 2.06. The molecule has 0 aliphatic rings. The van der Waals surface area contributed by atoms with Crippen molar-refractivity contribution in [3.8, 4) is 0 Å². The first-order valence-corrected chi connectivity index (χ1v) is 4.32. The molecule has 0 fully saturated rings. The fraction of sp³-hybridized carbons (Fsp3) is 0.286. The maximum absolute atomic E-state index is 12.7. The molecule has 0 saturated carbocycles. The molecule has 0 radical (unpaired) electrons. The van der Waals surface area contributed by atoms with Crippen molar-refractivity contribution in [1.29, 1.82) is 0 Å². The molecule has 1 aromatic rings. The van der Waals surface area contributed by atoms with Crippen LogP contribution >= 0.6 is 22.6 Å². The van der Waals surface area contributed by atoms with Crippen molar-refractivity contribution in [2.24, 2.45) is 5.73 Å². The van der Waals surface area contributed by atoms with E-state index in [0.29, 0.717) is 16.7 Å². The minimum Gasteiger partial charge on any atom is -0.330 e. The van der Waals surface area contributed by atoms with Crippen LogP contribution in [0, 0.1) is 9.52 Å². The van der Waals surface area contributed by atoms with Crippen molar-refractivity contribution in [2.75, 3.05) is 6.54 Å². The van der Waals surface area contributed by atoms with E-state index in [1.165, 1.54) is 12.1 Å². The standard InChI is InChI=1S/C7H8FIN2/c8-5-3-6(1-2-10)11-7(9)4-5/h3-4H,1-2,10H2. The van der Waals surface area contributed by atoms with Gasteiger partial charge in [0.25, 0.3) is 0 Å². The molecule has 0 amide bonds. The van der Waals surface area contributed by atoms with Crippen LogP contribution in [0.5, 0.6) is 0 Å². The first-order valence-electron chi connectivity index (χ1n) is 3.24. The fourth-order valence-electron chi connectivity index (χ4n) is 0.792. The van der Waals surface area contributed by atoms with Gasteiger partial charge >= 0.3 is 0 Å². The second-order valence-electron chi connectivity index (χ2n) is 2.14. The van der Waals surface area contributed by atoms with Crippen LogP contribution in [0.25, 0.3) is 0 Å². The highest BCUT2D eigenvalue weighted by Gasteiger charge is 1.98. The third-order valence-electron chi connectivity index (χ3n) is 1.21. The Morgan fingerprint density at radius 3 is 2.82 bits per heavy atom. The van der Waals surface area contributed by atoms with E-state index >= 15 is 0 Å². The Kier molecular flexibility index (Phi) is 3.19. The predicted octanol–water partition coefficient (Wildman–Crippen LogP) is 1.33. The Balaban J connectivity index is 2.89. The molecule has 2 nitrogen and oxygen atoms in total. The largest absolute Gasteiger partial charge is 0.330 e. The van der Waals surface area contributed by atoms with Gasteiger partial charge in [0.2, 0.25) is 0 Å². The van der Waals surface area contributed by atoms with E-state index < -0.39 is 0 Å². The third kappa shape index (κ3) is 2.70. The van der Waals surface area contributed by atoms with Crippen LogP contribution in [0.4, 0.5) is 4.39 Å². The molecular formula is C7H8FIN2. The number of halogens is 2. The number of pyridine rings is 1. The zero-order valence-corrected chi connectivity index (χ0v) is 8.01. The molecule has 4 heteroatoms. The Morgan fingerprint density at radius 1 is 1.55 bits per heavy atom. The molecule has 0 bridgehead atoms. The van der Waals surface area contributed by atoms with Crippen LogP contribution < -0.4 is 5.73 Å². The van der Waals surface area contributed by atoms with Gasteiger partial charge in [-0.2, -0.15) is 0 Å². The highest BCUT2D eigenvalue weighted by molar-refractivity contribution is 14.1. The topological polar surface area (TPSA) is 38.9 Å².